The predicted octanol–water partition coefficient (Wildman–Crippen LogP) is 2.11. The molecule has 0 aromatic heterocycles. The molecule has 0 aromatic rings. The monoisotopic (exact) mass is 359 g/mol. The summed E-state index contributed by atoms with van der Waals surface area (Å²) >= 11 is 0. The highest BCUT2D eigenvalue weighted by Gasteiger charge is 2.76. The molecule has 3 N–H and O–H groups in total. The average molecular weight is 359 g/mol. The fraction of sp³-hybridized carbons (Fsp3) is 0.810. The zero-order valence-electron chi connectivity index (χ0n) is 15.2. The second-order valence-electron chi connectivity index (χ2n) is 9.65. The van der Waals surface area contributed by atoms with Crippen LogP contribution in [0.15, 0.2) is 23.7 Å². The first-order valence-corrected chi connectivity index (χ1v) is 10.5. The van der Waals surface area contributed by atoms with Crippen LogP contribution in [0.1, 0.15) is 44.9 Å². The largest absolute Gasteiger partial charge is 0.504 e. The third-order valence-corrected chi connectivity index (χ3v) is 8.78. The van der Waals surface area contributed by atoms with Crippen molar-refractivity contribution in [2.75, 3.05) is 13.1 Å². The van der Waals surface area contributed by atoms with E-state index < -0.39 is 17.1 Å². The molecule has 4 aliphatic carbocycles. The number of nitrogens with zero attached hydrogens (tertiary/aromatic N) is 1. The smallest absolute Gasteiger partial charge is 0.153 e. The number of hydrogen-bond acceptors (Lipinski definition) is 5. The summed E-state index contributed by atoms with van der Waals surface area (Å²) in [6.07, 6.45) is 9.93. The molecular formula is C21H29NO4. The lowest BCUT2D eigenvalue weighted by atomic mass is 9.44. The van der Waals surface area contributed by atoms with Crippen LogP contribution < -0.4 is 0 Å². The fourth-order valence-corrected chi connectivity index (χ4v) is 7.44. The Balaban J connectivity index is 1.46. The summed E-state index contributed by atoms with van der Waals surface area (Å²) in [5.74, 6) is 1.91. The van der Waals surface area contributed by atoms with Gasteiger partial charge in [-0.05, 0) is 63.0 Å². The van der Waals surface area contributed by atoms with E-state index in [4.69, 9.17) is 4.74 Å². The van der Waals surface area contributed by atoms with Gasteiger partial charge in [0, 0.05) is 18.5 Å². The Morgan fingerprint density at radius 1 is 1.23 bits per heavy atom. The van der Waals surface area contributed by atoms with Crippen LogP contribution in [-0.4, -0.2) is 57.2 Å². The van der Waals surface area contributed by atoms with Crippen molar-refractivity contribution in [3.63, 3.8) is 0 Å². The van der Waals surface area contributed by atoms with Crippen LogP contribution in [0.25, 0.3) is 0 Å². The van der Waals surface area contributed by atoms with Gasteiger partial charge in [-0.2, -0.15) is 0 Å². The van der Waals surface area contributed by atoms with E-state index in [2.05, 4.69) is 11.0 Å². The Morgan fingerprint density at radius 3 is 2.85 bits per heavy atom. The minimum atomic E-state index is -0.826. The molecule has 6 rings (SSSR count). The maximum absolute atomic E-state index is 12.1. The molecule has 2 heterocycles. The normalized spacial score (nSPS) is 52.5. The molecule has 2 aliphatic heterocycles. The van der Waals surface area contributed by atoms with Crippen molar-refractivity contribution in [3.05, 3.63) is 23.7 Å². The number of hydrogen-bond donors (Lipinski definition) is 3. The first kappa shape index (κ1) is 16.0. The SMILES string of the molecule is OC1=C2O[C@H]3[C@@H](O)CC[C@@]4(O)[C@H]5CC(C=C1)C2[C@@]34CCN5CC1CCC1. The maximum Gasteiger partial charge on any atom is 0.153 e. The summed E-state index contributed by atoms with van der Waals surface area (Å²) in [6.45, 7) is 2.07. The van der Waals surface area contributed by atoms with Gasteiger partial charge in [0.25, 0.3) is 0 Å². The predicted molar refractivity (Wildman–Crippen MR) is 95.2 cm³/mol. The van der Waals surface area contributed by atoms with Gasteiger partial charge in [-0.25, -0.2) is 0 Å². The van der Waals surface area contributed by atoms with E-state index >= 15 is 0 Å². The van der Waals surface area contributed by atoms with Crippen molar-refractivity contribution < 1.29 is 20.1 Å². The molecule has 2 unspecified atom stereocenters. The molecule has 5 nitrogen and oxygen atoms in total. The maximum atomic E-state index is 12.1. The number of aliphatic hydroxyl groups is 3. The van der Waals surface area contributed by atoms with Gasteiger partial charge in [0.15, 0.2) is 5.76 Å². The molecule has 0 aromatic carbocycles. The Morgan fingerprint density at radius 2 is 2.08 bits per heavy atom. The summed E-state index contributed by atoms with van der Waals surface area (Å²) < 4.78 is 6.21. The van der Waals surface area contributed by atoms with Crippen LogP contribution in [0.4, 0.5) is 0 Å². The number of allylic oxidation sites excluding steroid dienone is 3. The summed E-state index contributed by atoms with van der Waals surface area (Å²) in [6, 6.07) is 0.140. The molecule has 2 bridgehead atoms. The van der Waals surface area contributed by atoms with Gasteiger partial charge in [-0.3, -0.25) is 4.90 Å². The third kappa shape index (κ3) is 1.69. The number of ether oxygens (including phenoxy) is 1. The van der Waals surface area contributed by atoms with Crippen LogP contribution in [0.5, 0.6) is 0 Å². The first-order chi connectivity index (χ1) is 12.5. The molecule has 0 radical (unpaired) electrons. The van der Waals surface area contributed by atoms with E-state index in [0.717, 1.165) is 31.8 Å². The first-order valence-electron chi connectivity index (χ1n) is 10.5. The zero-order valence-corrected chi connectivity index (χ0v) is 15.2. The average Bonchev–Trinajstić information content (AvgIpc) is 2.93. The number of piperidine rings is 1. The van der Waals surface area contributed by atoms with Crippen LogP contribution >= 0.6 is 0 Å². The second-order valence-corrected chi connectivity index (χ2v) is 9.65. The fourth-order valence-electron chi connectivity index (χ4n) is 7.44. The van der Waals surface area contributed by atoms with Gasteiger partial charge in [-0.15, -0.1) is 0 Å². The molecule has 5 fully saturated rings. The van der Waals surface area contributed by atoms with Gasteiger partial charge in [0.1, 0.15) is 11.9 Å². The highest BCUT2D eigenvalue weighted by molar-refractivity contribution is 5.38. The second kappa shape index (κ2) is 5.06. The van der Waals surface area contributed by atoms with Gasteiger partial charge in [0.05, 0.1) is 17.1 Å². The van der Waals surface area contributed by atoms with Crippen molar-refractivity contribution in [3.8, 4) is 0 Å². The molecule has 3 saturated carbocycles. The van der Waals surface area contributed by atoms with E-state index in [0.29, 0.717) is 18.6 Å². The Kier molecular flexibility index (Phi) is 3.11. The molecule has 2 saturated heterocycles. The highest BCUT2D eigenvalue weighted by atomic mass is 16.5. The summed E-state index contributed by atoms with van der Waals surface area (Å²) in [5, 5.41) is 33.3. The number of aliphatic hydroxyl groups excluding tert-OH is 2. The quantitative estimate of drug-likeness (QED) is 0.704. The summed E-state index contributed by atoms with van der Waals surface area (Å²) in [7, 11) is 0. The topological polar surface area (TPSA) is 73.2 Å². The lowest BCUT2D eigenvalue weighted by molar-refractivity contribution is -0.268. The van der Waals surface area contributed by atoms with Gasteiger partial charge >= 0.3 is 0 Å². The van der Waals surface area contributed by atoms with E-state index in [-0.39, 0.29) is 29.7 Å². The Hall–Kier alpha value is -1.04. The minimum Gasteiger partial charge on any atom is -0.504 e. The standard InChI is InChI=1S/C21H29NO4/c23-14-5-4-13-10-16-21(25)7-6-15(24)19-20(21,17(13)18(14)26-19)8-9-22(16)11-12-2-1-3-12/h4-5,12-13,15-17,19,23-25H,1-3,6-11H2/t13?,15-,16+,17?,19-,20-,21+/m0/s1. The molecule has 142 valence electrons. The molecular weight excluding hydrogens is 330 g/mol. The van der Waals surface area contributed by atoms with Gasteiger partial charge < -0.3 is 20.1 Å². The van der Waals surface area contributed by atoms with Crippen molar-refractivity contribution in [1.82, 2.24) is 4.90 Å². The van der Waals surface area contributed by atoms with Gasteiger partial charge in [-0.1, -0.05) is 12.5 Å². The molecule has 7 atom stereocenters. The van der Waals surface area contributed by atoms with Crippen molar-refractivity contribution in [2.24, 2.45) is 23.2 Å². The number of likely N-dealkylation sites (tertiary alicyclic amines) is 1. The lowest BCUT2D eigenvalue weighted by Crippen LogP contribution is -2.77. The molecule has 1 spiro atoms. The Labute approximate surface area is 154 Å². The summed E-state index contributed by atoms with van der Waals surface area (Å²) in [4.78, 5) is 2.56. The van der Waals surface area contributed by atoms with Crippen LogP contribution in [0.2, 0.25) is 0 Å². The summed E-state index contributed by atoms with van der Waals surface area (Å²) in [5.41, 5.74) is -1.28. The van der Waals surface area contributed by atoms with Gasteiger partial charge in [0.2, 0.25) is 0 Å². The third-order valence-electron chi connectivity index (χ3n) is 8.78. The zero-order chi connectivity index (χ0) is 17.7. The van der Waals surface area contributed by atoms with Crippen LogP contribution in [0, 0.1) is 23.2 Å². The minimum absolute atomic E-state index is 0.0135. The van der Waals surface area contributed by atoms with E-state index in [9.17, 15) is 15.3 Å². The lowest BCUT2D eigenvalue weighted by Gasteiger charge is -2.67. The van der Waals surface area contributed by atoms with E-state index in [1.165, 1.54) is 19.3 Å². The van der Waals surface area contributed by atoms with Crippen LogP contribution in [0.3, 0.4) is 0 Å². The van der Waals surface area contributed by atoms with Crippen LogP contribution in [-0.2, 0) is 4.74 Å². The number of rotatable bonds is 2. The van der Waals surface area contributed by atoms with Crippen molar-refractivity contribution in [2.45, 2.75) is 68.8 Å². The van der Waals surface area contributed by atoms with E-state index in [1.54, 1.807) is 6.08 Å². The van der Waals surface area contributed by atoms with Crippen molar-refractivity contribution in [1.29, 1.82) is 0 Å². The molecule has 6 aliphatic rings. The van der Waals surface area contributed by atoms with E-state index in [1.807, 2.05) is 0 Å². The molecule has 0 amide bonds. The molecule has 26 heavy (non-hydrogen) atoms. The van der Waals surface area contributed by atoms with Crippen molar-refractivity contribution >= 4 is 0 Å². The molecule has 5 heteroatoms. The highest BCUT2D eigenvalue weighted by Crippen LogP contribution is 2.69. The Bertz CT molecular complexity index is 700.